The van der Waals surface area contributed by atoms with Gasteiger partial charge in [0, 0.05) is 29.8 Å². The Morgan fingerprint density at radius 3 is 2.53 bits per heavy atom. The second kappa shape index (κ2) is 4.62. The fraction of sp³-hybridized carbons (Fsp3) is 0.571. The smallest absolute Gasteiger partial charge is 0.0328 e. The molecule has 1 aliphatic carbocycles. The Kier molecular flexibility index (Phi) is 3.14. The molecule has 17 heavy (non-hydrogen) atoms. The van der Waals surface area contributed by atoms with Crippen molar-refractivity contribution in [3.8, 4) is 0 Å². The molecule has 1 aliphatic heterocycles. The molecule has 1 aromatic carbocycles. The average molecular weight is 295 g/mol. The van der Waals surface area contributed by atoms with Crippen molar-refractivity contribution >= 4 is 21.6 Å². The van der Waals surface area contributed by atoms with E-state index in [1.165, 1.54) is 37.9 Å². The van der Waals surface area contributed by atoms with E-state index in [9.17, 15) is 0 Å². The van der Waals surface area contributed by atoms with E-state index < -0.39 is 0 Å². The van der Waals surface area contributed by atoms with Gasteiger partial charge in [0.05, 0.1) is 0 Å². The first-order valence-electron chi connectivity index (χ1n) is 6.48. The highest BCUT2D eigenvalue weighted by Gasteiger charge is 2.35. The van der Waals surface area contributed by atoms with Crippen molar-refractivity contribution in [3.05, 3.63) is 28.2 Å². The van der Waals surface area contributed by atoms with E-state index >= 15 is 0 Å². The maximum atomic E-state index is 5.88. The highest BCUT2D eigenvalue weighted by atomic mass is 79.9. The molecule has 2 nitrogen and oxygen atoms in total. The number of hydrogen-bond acceptors (Lipinski definition) is 2. The van der Waals surface area contributed by atoms with Gasteiger partial charge in [-0.3, -0.25) is 4.90 Å². The summed E-state index contributed by atoms with van der Waals surface area (Å²) in [6, 6.07) is 6.24. The number of hydrogen-bond donors (Lipinski definition) is 1. The number of rotatable bonds is 2. The van der Waals surface area contributed by atoms with E-state index in [0.717, 1.165) is 28.5 Å². The fourth-order valence-electron chi connectivity index (χ4n) is 3.49. The van der Waals surface area contributed by atoms with Crippen molar-refractivity contribution in [2.45, 2.75) is 25.8 Å². The van der Waals surface area contributed by atoms with Gasteiger partial charge < -0.3 is 5.73 Å². The standard InChI is InChI=1S/C14H19BrN2/c15-13-4-10(5-14(16)6-13)7-17-8-11-2-1-3-12(11)9-17/h4-6,11-12H,1-3,7-9,16H2. The lowest BCUT2D eigenvalue weighted by Gasteiger charge is -2.17. The molecule has 2 unspecified atom stereocenters. The highest BCUT2D eigenvalue weighted by Crippen LogP contribution is 2.38. The molecule has 0 spiro atoms. The lowest BCUT2D eigenvalue weighted by atomic mass is 10.0. The Morgan fingerprint density at radius 1 is 1.18 bits per heavy atom. The highest BCUT2D eigenvalue weighted by molar-refractivity contribution is 9.10. The zero-order valence-corrected chi connectivity index (χ0v) is 11.6. The molecule has 0 aromatic heterocycles. The minimum atomic E-state index is 0.855. The van der Waals surface area contributed by atoms with E-state index in [0.29, 0.717) is 0 Å². The third-order valence-electron chi connectivity index (χ3n) is 4.19. The van der Waals surface area contributed by atoms with Crippen LogP contribution in [0.2, 0.25) is 0 Å². The summed E-state index contributed by atoms with van der Waals surface area (Å²) in [7, 11) is 0. The maximum Gasteiger partial charge on any atom is 0.0328 e. The molecular formula is C14H19BrN2. The van der Waals surface area contributed by atoms with Gasteiger partial charge in [-0.25, -0.2) is 0 Å². The first kappa shape index (κ1) is 11.5. The van der Waals surface area contributed by atoms with Crippen molar-refractivity contribution in [3.63, 3.8) is 0 Å². The van der Waals surface area contributed by atoms with E-state index in [1.54, 1.807) is 0 Å². The Labute approximate surface area is 111 Å². The number of nitrogens with two attached hydrogens (primary N) is 1. The van der Waals surface area contributed by atoms with E-state index in [4.69, 9.17) is 5.73 Å². The molecule has 3 rings (SSSR count). The van der Waals surface area contributed by atoms with Crippen LogP contribution < -0.4 is 5.73 Å². The van der Waals surface area contributed by atoms with Crippen LogP contribution in [0.25, 0.3) is 0 Å². The third-order valence-corrected chi connectivity index (χ3v) is 4.65. The Hall–Kier alpha value is -0.540. The fourth-order valence-corrected chi connectivity index (χ4v) is 4.04. The lowest BCUT2D eigenvalue weighted by Crippen LogP contribution is -2.21. The second-order valence-corrected chi connectivity index (χ2v) is 6.45. The van der Waals surface area contributed by atoms with Crippen LogP contribution in [0.5, 0.6) is 0 Å². The van der Waals surface area contributed by atoms with E-state index in [2.05, 4.69) is 33.0 Å². The summed E-state index contributed by atoms with van der Waals surface area (Å²) in [5, 5.41) is 0. The SMILES string of the molecule is Nc1cc(Br)cc(CN2CC3CCCC3C2)c1. The number of fused-ring (bicyclic) bond motifs is 1. The first-order valence-corrected chi connectivity index (χ1v) is 7.27. The van der Waals surface area contributed by atoms with Gasteiger partial charge in [-0.15, -0.1) is 0 Å². The van der Waals surface area contributed by atoms with Crippen molar-refractivity contribution in [2.24, 2.45) is 11.8 Å². The second-order valence-electron chi connectivity index (χ2n) is 5.54. The van der Waals surface area contributed by atoms with Gasteiger partial charge in [0.15, 0.2) is 0 Å². The Balaban J connectivity index is 1.67. The monoisotopic (exact) mass is 294 g/mol. The van der Waals surface area contributed by atoms with Gasteiger partial charge in [0.25, 0.3) is 0 Å². The quantitative estimate of drug-likeness (QED) is 0.849. The third kappa shape index (κ3) is 2.50. The number of anilines is 1. The minimum Gasteiger partial charge on any atom is -0.399 e. The topological polar surface area (TPSA) is 29.3 Å². The molecule has 1 saturated carbocycles. The molecule has 0 bridgehead atoms. The molecule has 0 amide bonds. The van der Waals surface area contributed by atoms with Crippen LogP contribution in [0.15, 0.2) is 22.7 Å². The molecule has 2 aliphatic rings. The van der Waals surface area contributed by atoms with Crippen LogP contribution in [-0.4, -0.2) is 18.0 Å². The number of benzene rings is 1. The average Bonchev–Trinajstić information content (AvgIpc) is 2.75. The molecular weight excluding hydrogens is 276 g/mol. The summed E-state index contributed by atoms with van der Waals surface area (Å²) in [6.07, 6.45) is 4.34. The molecule has 92 valence electrons. The maximum absolute atomic E-state index is 5.88. The minimum absolute atomic E-state index is 0.855. The summed E-state index contributed by atoms with van der Waals surface area (Å²) in [4.78, 5) is 2.59. The zero-order chi connectivity index (χ0) is 11.8. The largest absolute Gasteiger partial charge is 0.399 e. The number of nitrogens with zero attached hydrogens (tertiary/aromatic N) is 1. The Morgan fingerprint density at radius 2 is 1.88 bits per heavy atom. The van der Waals surface area contributed by atoms with Gasteiger partial charge >= 0.3 is 0 Å². The molecule has 2 N–H and O–H groups in total. The van der Waals surface area contributed by atoms with Crippen LogP contribution in [0, 0.1) is 11.8 Å². The van der Waals surface area contributed by atoms with Crippen molar-refractivity contribution in [2.75, 3.05) is 18.8 Å². The van der Waals surface area contributed by atoms with Crippen LogP contribution >= 0.6 is 15.9 Å². The molecule has 1 heterocycles. The summed E-state index contributed by atoms with van der Waals surface area (Å²) >= 11 is 3.51. The normalized spacial score (nSPS) is 28.5. The van der Waals surface area contributed by atoms with Crippen molar-refractivity contribution < 1.29 is 0 Å². The van der Waals surface area contributed by atoms with Crippen molar-refractivity contribution in [1.29, 1.82) is 0 Å². The summed E-state index contributed by atoms with van der Waals surface area (Å²) in [6.45, 7) is 3.63. The van der Waals surface area contributed by atoms with Crippen LogP contribution in [0.4, 0.5) is 5.69 Å². The van der Waals surface area contributed by atoms with Gasteiger partial charge in [0.2, 0.25) is 0 Å². The van der Waals surface area contributed by atoms with Crippen LogP contribution in [0.1, 0.15) is 24.8 Å². The number of nitrogen functional groups attached to an aromatic ring is 1. The number of likely N-dealkylation sites (tertiary alicyclic amines) is 1. The predicted octanol–water partition coefficient (Wildman–Crippen LogP) is 3.26. The molecule has 2 atom stereocenters. The first-order chi connectivity index (χ1) is 8.20. The van der Waals surface area contributed by atoms with E-state index in [-0.39, 0.29) is 0 Å². The number of halogens is 1. The molecule has 1 saturated heterocycles. The molecule has 3 heteroatoms. The summed E-state index contributed by atoms with van der Waals surface area (Å²) < 4.78 is 1.09. The van der Waals surface area contributed by atoms with Gasteiger partial charge in [-0.05, 0) is 48.4 Å². The molecule has 2 fully saturated rings. The van der Waals surface area contributed by atoms with Gasteiger partial charge in [-0.1, -0.05) is 22.4 Å². The summed E-state index contributed by atoms with van der Waals surface area (Å²) in [5.41, 5.74) is 8.06. The zero-order valence-electron chi connectivity index (χ0n) is 10.0. The van der Waals surface area contributed by atoms with Crippen LogP contribution in [-0.2, 0) is 6.54 Å². The predicted molar refractivity (Wildman–Crippen MR) is 74.7 cm³/mol. The van der Waals surface area contributed by atoms with Crippen molar-refractivity contribution in [1.82, 2.24) is 4.90 Å². The van der Waals surface area contributed by atoms with Gasteiger partial charge in [0.1, 0.15) is 0 Å². The van der Waals surface area contributed by atoms with Crippen LogP contribution in [0.3, 0.4) is 0 Å². The molecule has 0 radical (unpaired) electrons. The Bertz CT molecular complexity index is 386. The summed E-state index contributed by atoms with van der Waals surface area (Å²) in [5.74, 6) is 1.94. The molecule has 1 aromatic rings. The van der Waals surface area contributed by atoms with Gasteiger partial charge in [-0.2, -0.15) is 0 Å². The van der Waals surface area contributed by atoms with E-state index in [1.807, 2.05) is 6.07 Å². The lowest BCUT2D eigenvalue weighted by molar-refractivity contribution is 0.303.